The van der Waals surface area contributed by atoms with E-state index in [4.69, 9.17) is 4.74 Å². The Morgan fingerprint density at radius 3 is 3.19 bits per heavy atom. The number of ether oxygens (including phenoxy) is 1. The van der Waals surface area contributed by atoms with E-state index in [2.05, 4.69) is 15.5 Å². The van der Waals surface area contributed by atoms with Crippen LogP contribution in [-0.2, 0) is 9.53 Å². The molecule has 2 N–H and O–H groups in total. The van der Waals surface area contributed by atoms with Gasteiger partial charge in [-0.2, -0.15) is 10.4 Å². The molecule has 1 amide bonds. The molecule has 2 aromatic rings. The second kappa shape index (κ2) is 7.97. The number of amides is 1. The van der Waals surface area contributed by atoms with E-state index in [0.29, 0.717) is 17.9 Å². The molecule has 0 bridgehead atoms. The Balaban J connectivity index is 1.80. The lowest BCUT2D eigenvalue weighted by Crippen LogP contribution is -2.35. The molecule has 0 saturated carbocycles. The molecule has 2 heterocycles. The van der Waals surface area contributed by atoms with Gasteiger partial charge in [-0.1, -0.05) is 6.07 Å². The molecule has 26 heavy (non-hydrogen) atoms. The molecule has 8 heteroatoms. The van der Waals surface area contributed by atoms with E-state index in [0.717, 1.165) is 25.1 Å². The van der Waals surface area contributed by atoms with E-state index in [-0.39, 0.29) is 24.0 Å². The number of anilines is 2. The van der Waals surface area contributed by atoms with Crippen LogP contribution in [0.4, 0.5) is 15.8 Å². The van der Waals surface area contributed by atoms with Crippen molar-refractivity contribution in [3.05, 3.63) is 41.5 Å². The fourth-order valence-corrected chi connectivity index (χ4v) is 3.34. The minimum Gasteiger partial charge on any atom is -0.375 e. The van der Waals surface area contributed by atoms with Crippen molar-refractivity contribution >= 4 is 17.3 Å². The SMILES string of the molecule is COCC(=O)Nc1cn[nH]c1C1CCCN(c2cccc(F)c2C#N)C1. The molecule has 0 radical (unpaired) electrons. The minimum atomic E-state index is -0.513. The summed E-state index contributed by atoms with van der Waals surface area (Å²) in [7, 11) is 1.46. The van der Waals surface area contributed by atoms with Crippen molar-refractivity contribution in [2.24, 2.45) is 0 Å². The second-order valence-electron chi connectivity index (χ2n) is 6.21. The number of H-pyrrole nitrogens is 1. The minimum absolute atomic E-state index is 0.0315. The number of aromatic amines is 1. The Morgan fingerprint density at radius 2 is 2.42 bits per heavy atom. The summed E-state index contributed by atoms with van der Waals surface area (Å²) in [5, 5.41) is 19.1. The molecule has 1 aromatic carbocycles. The van der Waals surface area contributed by atoms with Crippen LogP contribution in [0.3, 0.4) is 0 Å². The van der Waals surface area contributed by atoms with Gasteiger partial charge in [0.15, 0.2) is 0 Å². The first kappa shape index (κ1) is 17.9. The topological polar surface area (TPSA) is 94.0 Å². The Hall–Kier alpha value is -2.92. The van der Waals surface area contributed by atoms with Crippen LogP contribution in [0.1, 0.15) is 30.0 Å². The zero-order chi connectivity index (χ0) is 18.5. The summed E-state index contributed by atoms with van der Waals surface area (Å²) in [6.07, 6.45) is 3.37. The quantitative estimate of drug-likeness (QED) is 0.857. The maximum Gasteiger partial charge on any atom is 0.250 e. The average molecular weight is 357 g/mol. The van der Waals surface area contributed by atoms with Crippen LogP contribution in [0.2, 0.25) is 0 Å². The summed E-state index contributed by atoms with van der Waals surface area (Å²) in [6.45, 7) is 1.32. The first-order valence-corrected chi connectivity index (χ1v) is 8.39. The second-order valence-corrected chi connectivity index (χ2v) is 6.21. The lowest BCUT2D eigenvalue weighted by Gasteiger charge is -2.34. The molecule has 1 atom stereocenters. The Labute approximate surface area is 150 Å². The van der Waals surface area contributed by atoms with Crippen LogP contribution >= 0.6 is 0 Å². The summed E-state index contributed by atoms with van der Waals surface area (Å²) in [5.74, 6) is -0.681. The maximum absolute atomic E-state index is 13.9. The molecular formula is C18H20FN5O2. The molecule has 1 unspecified atom stereocenters. The number of nitrogens with zero attached hydrogens (tertiary/aromatic N) is 3. The maximum atomic E-state index is 13.9. The van der Waals surface area contributed by atoms with Crippen molar-refractivity contribution in [3.63, 3.8) is 0 Å². The highest BCUT2D eigenvalue weighted by atomic mass is 19.1. The number of benzene rings is 1. The summed E-state index contributed by atoms with van der Waals surface area (Å²) in [6, 6.07) is 6.62. The third-order valence-electron chi connectivity index (χ3n) is 4.49. The third kappa shape index (κ3) is 3.68. The third-order valence-corrected chi connectivity index (χ3v) is 4.49. The lowest BCUT2D eigenvalue weighted by molar-refractivity contribution is -0.119. The number of hydrogen-bond acceptors (Lipinski definition) is 5. The van der Waals surface area contributed by atoms with Gasteiger partial charge in [0.25, 0.3) is 0 Å². The van der Waals surface area contributed by atoms with Crippen LogP contribution < -0.4 is 10.2 Å². The number of nitrogens with one attached hydrogen (secondary N) is 2. The number of methoxy groups -OCH3 is 1. The zero-order valence-electron chi connectivity index (χ0n) is 14.5. The number of nitriles is 1. The number of carbonyl (C=O) groups excluding carboxylic acids is 1. The number of piperidine rings is 1. The van der Waals surface area contributed by atoms with E-state index < -0.39 is 5.82 Å². The van der Waals surface area contributed by atoms with Crippen LogP contribution in [0.15, 0.2) is 24.4 Å². The van der Waals surface area contributed by atoms with Gasteiger partial charge >= 0.3 is 0 Å². The number of aromatic nitrogens is 2. The molecule has 1 fully saturated rings. The van der Waals surface area contributed by atoms with Gasteiger partial charge in [-0.05, 0) is 25.0 Å². The Kier molecular flexibility index (Phi) is 5.49. The molecule has 0 aliphatic carbocycles. The van der Waals surface area contributed by atoms with Gasteiger partial charge < -0.3 is 15.0 Å². The van der Waals surface area contributed by atoms with Crippen LogP contribution in [0.5, 0.6) is 0 Å². The number of hydrogen-bond donors (Lipinski definition) is 2. The van der Waals surface area contributed by atoms with Crippen molar-refractivity contribution in [1.82, 2.24) is 10.2 Å². The van der Waals surface area contributed by atoms with Gasteiger partial charge in [-0.25, -0.2) is 4.39 Å². The van der Waals surface area contributed by atoms with Gasteiger partial charge in [-0.3, -0.25) is 9.89 Å². The lowest BCUT2D eigenvalue weighted by atomic mass is 9.93. The first-order valence-electron chi connectivity index (χ1n) is 8.39. The molecule has 7 nitrogen and oxygen atoms in total. The highest BCUT2D eigenvalue weighted by Crippen LogP contribution is 2.34. The smallest absolute Gasteiger partial charge is 0.250 e. The van der Waals surface area contributed by atoms with Crippen molar-refractivity contribution < 1.29 is 13.9 Å². The average Bonchev–Trinajstić information content (AvgIpc) is 3.10. The van der Waals surface area contributed by atoms with Gasteiger partial charge in [-0.15, -0.1) is 0 Å². The van der Waals surface area contributed by atoms with E-state index in [9.17, 15) is 14.4 Å². The largest absolute Gasteiger partial charge is 0.375 e. The van der Waals surface area contributed by atoms with Gasteiger partial charge in [0.1, 0.15) is 24.1 Å². The monoisotopic (exact) mass is 357 g/mol. The number of carbonyl (C=O) groups is 1. The molecular weight excluding hydrogens is 337 g/mol. The molecule has 1 saturated heterocycles. The van der Waals surface area contributed by atoms with E-state index in [1.165, 1.54) is 13.2 Å². The predicted octanol–water partition coefficient (Wildman–Crippen LogP) is 2.39. The highest BCUT2D eigenvalue weighted by molar-refractivity contribution is 5.92. The van der Waals surface area contributed by atoms with Gasteiger partial charge in [0.05, 0.1) is 23.3 Å². The van der Waals surface area contributed by atoms with E-state index in [1.54, 1.807) is 18.3 Å². The number of halogens is 1. The fraction of sp³-hybridized carbons (Fsp3) is 0.389. The molecule has 1 aliphatic heterocycles. The molecule has 136 valence electrons. The normalized spacial score (nSPS) is 17.0. The van der Waals surface area contributed by atoms with Crippen molar-refractivity contribution in [2.45, 2.75) is 18.8 Å². The summed E-state index contributed by atoms with van der Waals surface area (Å²) < 4.78 is 18.8. The molecule has 1 aliphatic rings. The van der Waals surface area contributed by atoms with Crippen LogP contribution in [0.25, 0.3) is 0 Å². The number of rotatable bonds is 5. The summed E-state index contributed by atoms with van der Waals surface area (Å²) in [5.41, 5.74) is 2.11. The van der Waals surface area contributed by atoms with Crippen LogP contribution in [-0.4, -0.2) is 42.9 Å². The summed E-state index contributed by atoms with van der Waals surface area (Å²) in [4.78, 5) is 13.8. The van der Waals surface area contributed by atoms with Crippen molar-refractivity contribution in [3.8, 4) is 6.07 Å². The molecule has 0 spiro atoms. The van der Waals surface area contributed by atoms with Crippen molar-refractivity contribution in [1.29, 1.82) is 5.26 Å². The first-order chi connectivity index (χ1) is 12.6. The highest BCUT2D eigenvalue weighted by Gasteiger charge is 2.27. The Bertz CT molecular complexity index is 829. The van der Waals surface area contributed by atoms with E-state index in [1.807, 2.05) is 11.0 Å². The van der Waals surface area contributed by atoms with Gasteiger partial charge in [0.2, 0.25) is 5.91 Å². The zero-order valence-corrected chi connectivity index (χ0v) is 14.5. The standard InChI is InChI=1S/C18H20FN5O2/c1-26-11-17(25)22-15-9-21-23-18(15)12-4-3-7-24(10-12)16-6-2-5-14(19)13(16)8-20/h2,5-6,9,12H,3-4,7,10-11H2,1H3,(H,21,23)(H,22,25). The van der Waals surface area contributed by atoms with Crippen molar-refractivity contribution in [2.75, 3.05) is 37.0 Å². The predicted molar refractivity (Wildman–Crippen MR) is 94.4 cm³/mol. The molecule has 3 rings (SSSR count). The molecule has 1 aromatic heterocycles. The van der Waals surface area contributed by atoms with E-state index >= 15 is 0 Å². The summed E-state index contributed by atoms with van der Waals surface area (Å²) >= 11 is 0. The van der Waals surface area contributed by atoms with Crippen LogP contribution in [0, 0.1) is 17.1 Å². The fourth-order valence-electron chi connectivity index (χ4n) is 3.34. The Morgan fingerprint density at radius 1 is 1.58 bits per heavy atom. The van der Waals surface area contributed by atoms with Gasteiger partial charge in [0, 0.05) is 26.1 Å².